The summed E-state index contributed by atoms with van der Waals surface area (Å²) in [7, 11) is 0. The number of hydrogen-bond donors (Lipinski definition) is 2. The number of anilines is 1. The summed E-state index contributed by atoms with van der Waals surface area (Å²) in [6.07, 6.45) is 1.51. The summed E-state index contributed by atoms with van der Waals surface area (Å²) < 4.78 is 1.60. The van der Waals surface area contributed by atoms with Gasteiger partial charge in [0.25, 0.3) is 5.91 Å². The van der Waals surface area contributed by atoms with E-state index in [2.05, 4.69) is 10.4 Å². The minimum atomic E-state index is -0.194. The van der Waals surface area contributed by atoms with Gasteiger partial charge in [0.2, 0.25) is 0 Å². The number of nitrogens with zero attached hydrogens (tertiary/aromatic N) is 2. The molecule has 1 aromatic heterocycles. The normalized spacial score (nSPS) is 10.4. The fourth-order valence-electron chi connectivity index (χ4n) is 1.96. The molecular formula is C14H18N4O. The number of benzene rings is 1. The highest BCUT2D eigenvalue weighted by Crippen LogP contribution is 2.11. The lowest BCUT2D eigenvalue weighted by molar-refractivity contribution is 0.0941. The molecule has 0 unspecified atom stereocenters. The molecule has 0 radical (unpaired) electrons. The van der Waals surface area contributed by atoms with Crippen LogP contribution in [0.5, 0.6) is 0 Å². The molecule has 5 heteroatoms. The Morgan fingerprint density at radius 3 is 2.84 bits per heavy atom. The van der Waals surface area contributed by atoms with Gasteiger partial charge in [-0.3, -0.25) is 9.48 Å². The summed E-state index contributed by atoms with van der Waals surface area (Å²) in [5, 5.41) is 6.94. The van der Waals surface area contributed by atoms with Crippen molar-refractivity contribution in [1.29, 1.82) is 0 Å². The van der Waals surface area contributed by atoms with Gasteiger partial charge >= 0.3 is 0 Å². The van der Waals surface area contributed by atoms with Gasteiger partial charge in [-0.15, -0.1) is 0 Å². The fourth-order valence-corrected chi connectivity index (χ4v) is 1.96. The van der Waals surface area contributed by atoms with Crippen molar-refractivity contribution < 1.29 is 4.79 Å². The standard InChI is InChI=1S/C14H18N4O/c1-3-18-13(12(15)9-17-18)14(19)16-8-11-7-5-4-6-10(11)2/h4-7,9H,3,8,15H2,1-2H3,(H,16,19). The van der Waals surface area contributed by atoms with Crippen LogP contribution >= 0.6 is 0 Å². The van der Waals surface area contributed by atoms with E-state index in [4.69, 9.17) is 5.73 Å². The summed E-state index contributed by atoms with van der Waals surface area (Å²) >= 11 is 0. The Hall–Kier alpha value is -2.30. The largest absolute Gasteiger partial charge is 0.396 e. The van der Waals surface area contributed by atoms with E-state index in [0.717, 1.165) is 11.1 Å². The van der Waals surface area contributed by atoms with E-state index in [1.165, 1.54) is 6.20 Å². The molecule has 1 heterocycles. The highest BCUT2D eigenvalue weighted by Gasteiger charge is 2.15. The Bertz CT molecular complexity index is 589. The second kappa shape index (κ2) is 5.56. The van der Waals surface area contributed by atoms with Crippen LogP contribution in [0.25, 0.3) is 0 Å². The number of nitrogens with one attached hydrogen (secondary N) is 1. The SMILES string of the molecule is CCn1ncc(N)c1C(=O)NCc1ccccc1C. The van der Waals surface area contributed by atoms with Crippen LogP contribution in [0, 0.1) is 6.92 Å². The Kier molecular flexibility index (Phi) is 3.85. The predicted octanol–water partition coefficient (Wildman–Crippen LogP) is 1.72. The monoisotopic (exact) mass is 258 g/mol. The molecule has 0 aliphatic carbocycles. The molecule has 0 aliphatic heterocycles. The minimum absolute atomic E-state index is 0.194. The maximum Gasteiger partial charge on any atom is 0.271 e. The van der Waals surface area contributed by atoms with E-state index in [-0.39, 0.29) is 5.91 Å². The molecule has 0 saturated carbocycles. The molecule has 0 fully saturated rings. The Morgan fingerprint density at radius 2 is 2.16 bits per heavy atom. The van der Waals surface area contributed by atoms with Gasteiger partial charge in [-0.05, 0) is 25.0 Å². The van der Waals surface area contributed by atoms with Crippen molar-refractivity contribution in [2.75, 3.05) is 5.73 Å². The lowest BCUT2D eigenvalue weighted by atomic mass is 10.1. The average molecular weight is 258 g/mol. The lowest BCUT2D eigenvalue weighted by Crippen LogP contribution is -2.26. The molecular weight excluding hydrogens is 240 g/mol. The minimum Gasteiger partial charge on any atom is -0.396 e. The molecule has 0 atom stereocenters. The second-order valence-corrected chi connectivity index (χ2v) is 4.37. The van der Waals surface area contributed by atoms with Crippen molar-refractivity contribution in [3.8, 4) is 0 Å². The number of carbonyl (C=O) groups is 1. The van der Waals surface area contributed by atoms with Gasteiger partial charge in [-0.1, -0.05) is 24.3 Å². The van der Waals surface area contributed by atoms with Crippen LogP contribution in [0.2, 0.25) is 0 Å². The molecule has 19 heavy (non-hydrogen) atoms. The molecule has 2 rings (SSSR count). The number of rotatable bonds is 4. The van der Waals surface area contributed by atoms with Crippen molar-refractivity contribution in [3.05, 3.63) is 47.3 Å². The van der Waals surface area contributed by atoms with Crippen LogP contribution in [-0.2, 0) is 13.1 Å². The number of aryl methyl sites for hydroxylation is 2. The first kappa shape index (κ1) is 13.1. The third-order valence-electron chi connectivity index (χ3n) is 3.08. The molecule has 1 aromatic carbocycles. The predicted molar refractivity (Wildman–Crippen MR) is 74.7 cm³/mol. The van der Waals surface area contributed by atoms with Crippen LogP contribution in [0.15, 0.2) is 30.5 Å². The van der Waals surface area contributed by atoms with E-state index in [0.29, 0.717) is 24.5 Å². The van der Waals surface area contributed by atoms with Gasteiger partial charge < -0.3 is 11.1 Å². The highest BCUT2D eigenvalue weighted by molar-refractivity contribution is 5.97. The molecule has 100 valence electrons. The van der Waals surface area contributed by atoms with E-state index in [1.807, 2.05) is 38.1 Å². The van der Waals surface area contributed by atoms with Crippen LogP contribution in [0.4, 0.5) is 5.69 Å². The zero-order valence-electron chi connectivity index (χ0n) is 11.2. The summed E-state index contributed by atoms with van der Waals surface area (Å²) in [5.74, 6) is -0.194. The van der Waals surface area contributed by atoms with Crippen LogP contribution in [0.3, 0.4) is 0 Å². The zero-order chi connectivity index (χ0) is 13.8. The summed E-state index contributed by atoms with van der Waals surface area (Å²) in [5.41, 5.74) is 8.85. The Labute approximate surface area is 112 Å². The van der Waals surface area contributed by atoms with Crippen LogP contribution in [-0.4, -0.2) is 15.7 Å². The van der Waals surface area contributed by atoms with Gasteiger partial charge in [0.15, 0.2) is 0 Å². The number of amides is 1. The summed E-state index contributed by atoms with van der Waals surface area (Å²) in [6, 6.07) is 7.95. The quantitative estimate of drug-likeness (QED) is 0.877. The first-order valence-electron chi connectivity index (χ1n) is 6.27. The molecule has 0 saturated heterocycles. The van der Waals surface area contributed by atoms with E-state index >= 15 is 0 Å². The molecule has 3 N–H and O–H groups in total. The molecule has 1 amide bonds. The zero-order valence-corrected chi connectivity index (χ0v) is 11.2. The van der Waals surface area contributed by atoms with E-state index in [1.54, 1.807) is 4.68 Å². The summed E-state index contributed by atoms with van der Waals surface area (Å²) in [6.45, 7) is 5.04. The van der Waals surface area contributed by atoms with Crippen LogP contribution in [0.1, 0.15) is 28.5 Å². The fraction of sp³-hybridized carbons (Fsp3) is 0.286. The second-order valence-electron chi connectivity index (χ2n) is 4.37. The molecule has 0 aliphatic rings. The van der Waals surface area contributed by atoms with Crippen molar-refractivity contribution in [2.24, 2.45) is 0 Å². The van der Waals surface area contributed by atoms with Gasteiger partial charge in [-0.2, -0.15) is 5.10 Å². The lowest BCUT2D eigenvalue weighted by Gasteiger charge is -2.09. The molecule has 0 spiro atoms. The molecule has 2 aromatic rings. The topological polar surface area (TPSA) is 72.9 Å². The highest BCUT2D eigenvalue weighted by atomic mass is 16.2. The van der Waals surface area contributed by atoms with Crippen molar-refractivity contribution in [1.82, 2.24) is 15.1 Å². The first-order valence-corrected chi connectivity index (χ1v) is 6.27. The number of nitrogens with two attached hydrogens (primary N) is 1. The Balaban J connectivity index is 2.10. The molecule has 0 bridgehead atoms. The van der Waals surface area contributed by atoms with Crippen molar-refractivity contribution >= 4 is 11.6 Å². The number of aromatic nitrogens is 2. The first-order chi connectivity index (χ1) is 9.13. The maximum absolute atomic E-state index is 12.1. The number of carbonyl (C=O) groups excluding carboxylic acids is 1. The number of hydrogen-bond acceptors (Lipinski definition) is 3. The number of nitrogen functional groups attached to an aromatic ring is 1. The third kappa shape index (κ3) is 2.76. The Morgan fingerprint density at radius 1 is 1.42 bits per heavy atom. The van der Waals surface area contributed by atoms with Gasteiger partial charge in [0.1, 0.15) is 5.69 Å². The smallest absolute Gasteiger partial charge is 0.271 e. The van der Waals surface area contributed by atoms with E-state index in [9.17, 15) is 4.79 Å². The van der Waals surface area contributed by atoms with Crippen molar-refractivity contribution in [2.45, 2.75) is 26.9 Å². The average Bonchev–Trinajstić information content (AvgIpc) is 2.78. The van der Waals surface area contributed by atoms with Gasteiger partial charge in [0, 0.05) is 13.1 Å². The van der Waals surface area contributed by atoms with Gasteiger partial charge in [0.05, 0.1) is 11.9 Å². The van der Waals surface area contributed by atoms with Gasteiger partial charge in [-0.25, -0.2) is 0 Å². The van der Waals surface area contributed by atoms with E-state index < -0.39 is 0 Å². The maximum atomic E-state index is 12.1. The van der Waals surface area contributed by atoms with Crippen LogP contribution < -0.4 is 11.1 Å². The molecule has 5 nitrogen and oxygen atoms in total. The van der Waals surface area contributed by atoms with Crippen molar-refractivity contribution in [3.63, 3.8) is 0 Å². The third-order valence-corrected chi connectivity index (χ3v) is 3.08. The summed E-state index contributed by atoms with van der Waals surface area (Å²) in [4.78, 5) is 12.1.